The fraction of sp³-hybridized carbons (Fsp3) is 0.500. The Morgan fingerprint density at radius 1 is 0.750 bits per heavy atom. The minimum absolute atomic E-state index is 0.605. The zero-order valence-electron chi connectivity index (χ0n) is 17.8. The van der Waals surface area contributed by atoms with E-state index in [0.717, 1.165) is 11.5 Å². The molecule has 2 aromatic rings. The third-order valence-corrected chi connectivity index (χ3v) is 6.21. The van der Waals surface area contributed by atoms with Gasteiger partial charge in [0.1, 0.15) is 0 Å². The van der Waals surface area contributed by atoms with Gasteiger partial charge in [-0.1, -0.05) is 87.8 Å². The first-order valence-electron chi connectivity index (χ1n) is 11.5. The Balaban J connectivity index is 1.54. The SMILES string of the molecule is CCCCCc1ccc(-c2ccc(C#C[C@H]3CC[C@H](CCC)CC3)cc2)cc1. The van der Waals surface area contributed by atoms with Crippen LogP contribution in [0.1, 0.15) is 82.8 Å². The molecule has 28 heavy (non-hydrogen) atoms. The predicted octanol–water partition coefficient (Wildman–Crippen LogP) is 8.04. The van der Waals surface area contributed by atoms with Crippen LogP contribution in [0.5, 0.6) is 0 Å². The molecule has 0 saturated heterocycles. The van der Waals surface area contributed by atoms with E-state index >= 15 is 0 Å². The molecule has 0 aromatic heterocycles. The second-order valence-corrected chi connectivity index (χ2v) is 8.51. The molecule has 0 unspecified atom stereocenters. The van der Waals surface area contributed by atoms with Crippen LogP contribution in [0, 0.1) is 23.7 Å². The molecule has 1 aliphatic rings. The van der Waals surface area contributed by atoms with Crippen molar-refractivity contribution >= 4 is 0 Å². The largest absolute Gasteiger partial charge is 0.0945 e. The Bertz CT molecular complexity index is 746. The third-order valence-electron chi connectivity index (χ3n) is 6.21. The van der Waals surface area contributed by atoms with Crippen molar-refractivity contribution in [3.8, 4) is 23.0 Å². The summed E-state index contributed by atoms with van der Waals surface area (Å²) < 4.78 is 0. The molecule has 0 N–H and O–H groups in total. The van der Waals surface area contributed by atoms with Crippen LogP contribution in [0.25, 0.3) is 11.1 Å². The van der Waals surface area contributed by atoms with Gasteiger partial charge in [0.15, 0.2) is 0 Å². The summed E-state index contributed by atoms with van der Waals surface area (Å²) in [5.41, 5.74) is 5.18. The molecule has 0 spiro atoms. The van der Waals surface area contributed by atoms with Gasteiger partial charge in [0, 0.05) is 11.5 Å². The summed E-state index contributed by atoms with van der Waals surface area (Å²) in [6.07, 6.45) is 13.2. The number of hydrogen-bond acceptors (Lipinski definition) is 0. The van der Waals surface area contributed by atoms with E-state index in [2.05, 4.69) is 74.2 Å². The number of benzene rings is 2. The van der Waals surface area contributed by atoms with E-state index in [9.17, 15) is 0 Å². The second-order valence-electron chi connectivity index (χ2n) is 8.51. The number of rotatable bonds is 7. The summed E-state index contributed by atoms with van der Waals surface area (Å²) in [6, 6.07) is 17.9. The zero-order valence-corrected chi connectivity index (χ0v) is 17.8. The van der Waals surface area contributed by atoms with Crippen LogP contribution >= 0.6 is 0 Å². The lowest BCUT2D eigenvalue weighted by atomic mass is 9.80. The van der Waals surface area contributed by atoms with E-state index in [0.29, 0.717) is 5.92 Å². The van der Waals surface area contributed by atoms with Gasteiger partial charge in [0.05, 0.1) is 0 Å². The Hall–Kier alpha value is -2.00. The molecule has 1 aliphatic carbocycles. The maximum Gasteiger partial charge on any atom is 0.0245 e. The molecule has 0 aliphatic heterocycles. The van der Waals surface area contributed by atoms with Crippen molar-refractivity contribution in [2.75, 3.05) is 0 Å². The van der Waals surface area contributed by atoms with Crippen LogP contribution in [0.2, 0.25) is 0 Å². The summed E-state index contributed by atoms with van der Waals surface area (Å²) in [6.45, 7) is 4.56. The van der Waals surface area contributed by atoms with E-state index in [1.165, 1.54) is 80.9 Å². The first-order chi connectivity index (χ1) is 13.8. The van der Waals surface area contributed by atoms with E-state index in [1.54, 1.807) is 0 Å². The fourth-order valence-corrected chi connectivity index (χ4v) is 4.38. The molecule has 0 heteroatoms. The quantitative estimate of drug-likeness (QED) is 0.341. The highest BCUT2D eigenvalue weighted by Gasteiger charge is 2.18. The van der Waals surface area contributed by atoms with E-state index in [4.69, 9.17) is 0 Å². The molecule has 148 valence electrons. The first kappa shape index (κ1) is 20.7. The van der Waals surface area contributed by atoms with Crippen LogP contribution < -0.4 is 0 Å². The molecule has 0 atom stereocenters. The first-order valence-corrected chi connectivity index (χ1v) is 11.5. The van der Waals surface area contributed by atoms with Crippen LogP contribution in [0.4, 0.5) is 0 Å². The molecule has 1 saturated carbocycles. The van der Waals surface area contributed by atoms with Crippen LogP contribution in [-0.4, -0.2) is 0 Å². The van der Waals surface area contributed by atoms with Gasteiger partial charge >= 0.3 is 0 Å². The molecular weight excluding hydrogens is 336 g/mol. The van der Waals surface area contributed by atoms with Crippen molar-refractivity contribution in [2.24, 2.45) is 11.8 Å². The molecule has 0 heterocycles. The van der Waals surface area contributed by atoms with Crippen molar-refractivity contribution in [3.63, 3.8) is 0 Å². The summed E-state index contributed by atoms with van der Waals surface area (Å²) >= 11 is 0. The van der Waals surface area contributed by atoms with Crippen molar-refractivity contribution in [2.45, 2.75) is 78.1 Å². The van der Waals surface area contributed by atoms with Gasteiger partial charge in [-0.2, -0.15) is 0 Å². The van der Waals surface area contributed by atoms with Gasteiger partial charge in [-0.3, -0.25) is 0 Å². The normalized spacial score (nSPS) is 19.1. The maximum atomic E-state index is 3.54. The molecular formula is C28H36. The van der Waals surface area contributed by atoms with Crippen molar-refractivity contribution in [1.29, 1.82) is 0 Å². The second kappa shape index (κ2) is 11.1. The van der Waals surface area contributed by atoms with Gasteiger partial charge in [-0.15, -0.1) is 0 Å². The van der Waals surface area contributed by atoms with Crippen LogP contribution in [-0.2, 0) is 6.42 Å². The van der Waals surface area contributed by atoms with Gasteiger partial charge in [-0.05, 0) is 73.3 Å². The topological polar surface area (TPSA) is 0 Å². The lowest BCUT2D eigenvalue weighted by Crippen LogP contribution is -2.13. The fourth-order valence-electron chi connectivity index (χ4n) is 4.38. The predicted molar refractivity (Wildman–Crippen MR) is 122 cm³/mol. The zero-order chi connectivity index (χ0) is 19.6. The third kappa shape index (κ3) is 6.27. The van der Waals surface area contributed by atoms with E-state index in [1.807, 2.05) is 0 Å². The Morgan fingerprint density at radius 2 is 1.39 bits per heavy atom. The van der Waals surface area contributed by atoms with Crippen LogP contribution in [0.15, 0.2) is 48.5 Å². The Labute approximate surface area is 172 Å². The van der Waals surface area contributed by atoms with E-state index < -0.39 is 0 Å². The molecule has 3 rings (SSSR count). The number of aryl methyl sites for hydroxylation is 1. The van der Waals surface area contributed by atoms with Crippen molar-refractivity contribution in [1.82, 2.24) is 0 Å². The lowest BCUT2D eigenvalue weighted by Gasteiger charge is -2.25. The Kier molecular flexibility index (Phi) is 8.23. The molecule has 2 aromatic carbocycles. The van der Waals surface area contributed by atoms with Gasteiger partial charge < -0.3 is 0 Å². The minimum atomic E-state index is 0.605. The van der Waals surface area contributed by atoms with Crippen LogP contribution in [0.3, 0.4) is 0 Å². The molecule has 1 fully saturated rings. The lowest BCUT2D eigenvalue weighted by molar-refractivity contribution is 0.300. The average molecular weight is 373 g/mol. The Morgan fingerprint density at radius 3 is 2.00 bits per heavy atom. The molecule has 0 bridgehead atoms. The van der Waals surface area contributed by atoms with E-state index in [-0.39, 0.29) is 0 Å². The molecule has 0 amide bonds. The highest BCUT2D eigenvalue weighted by molar-refractivity contribution is 5.64. The molecule has 0 nitrogen and oxygen atoms in total. The van der Waals surface area contributed by atoms with Gasteiger partial charge in [-0.25, -0.2) is 0 Å². The van der Waals surface area contributed by atoms with Gasteiger partial charge in [0.2, 0.25) is 0 Å². The summed E-state index contributed by atoms with van der Waals surface area (Å²) in [5.74, 6) is 8.53. The summed E-state index contributed by atoms with van der Waals surface area (Å²) in [4.78, 5) is 0. The standard InChI is InChI=1S/C28H36/c1-3-5-6-8-24-15-19-27(20-16-24)28-21-17-26(18-22-28)14-13-25-11-9-23(7-4-2)10-12-25/h15-23,25H,3-12H2,1-2H3/t23-,25-. The average Bonchev–Trinajstić information content (AvgIpc) is 2.75. The summed E-state index contributed by atoms with van der Waals surface area (Å²) in [7, 11) is 0. The van der Waals surface area contributed by atoms with Crippen molar-refractivity contribution in [3.05, 3.63) is 59.7 Å². The summed E-state index contributed by atoms with van der Waals surface area (Å²) in [5, 5.41) is 0. The maximum absolute atomic E-state index is 3.54. The van der Waals surface area contributed by atoms with Crippen molar-refractivity contribution < 1.29 is 0 Å². The van der Waals surface area contributed by atoms with Gasteiger partial charge in [0.25, 0.3) is 0 Å². The smallest absolute Gasteiger partial charge is 0.0245 e. The minimum Gasteiger partial charge on any atom is -0.0945 e. The number of unbranched alkanes of at least 4 members (excludes halogenated alkanes) is 2. The number of hydrogen-bond donors (Lipinski definition) is 0. The monoisotopic (exact) mass is 372 g/mol. The molecule has 0 radical (unpaired) electrons. The highest BCUT2D eigenvalue weighted by Crippen LogP contribution is 2.31. The highest BCUT2D eigenvalue weighted by atomic mass is 14.2.